The van der Waals surface area contributed by atoms with Crippen LogP contribution in [0.25, 0.3) is 0 Å². The maximum Gasteiger partial charge on any atom is 0.419 e. The van der Waals surface area contributed by atoms with Crippen molar-refractivity contribution in [3.05, 3.63) is 54.3 Å². The van der Waals surface area contributed by atoms with Crippen LogP contribution in [0, 0.1) is 0 Å². The van der Waals surface area contributed by atoms with Gasteiger partial charge in [-0.25, -0.2) is 4.99 Å². The van der Waals surface area contributed by atoms with Crippen LogP contribution in [-0.2, 0) is 16.2 Å². The third-order valence-corrected chi connectivity index (χ3v) is 4.97. The topological polar surface area (TPSA) is 82.4 Å². The highest BCUT2D eigenvalue weighted by Crippen LogP contribution is 2.30. The number of amides is 2. The van der Waals surface area contributed by atoms with Crippen LogP contribution in [0.3, 0.4) is 0 Å². The number of carbonyl (C=O) groups excluding carboxylic acids is 2. The number of benzene rings is 1. The zero-order valence-electron chi connectivity index (χ0n) is 17.9. The number of aliphatic hydroxyl groups excluding tert-OH is 1. The first-order valence-corrected chi connectivity index (χ1v) is 9.95. The number of aliphatic imine (C=N–C) groups is 1. The number of rotatable bonds is 7. The molecule has 1 fully saturated rings. The lowest BCUT2D eigenvalue weighted by atomic mass is 10.1. The Balaban J connectivity index is 2.11. The Morgan fingerprint density at radius 2 is 2.00 bits per heavy atom. The van der Waals surface area contributed by atoms with Crippen LogP contribution in [0.5, 0.6) is 5.75 Å². The summed E-state index contributed by atoms with van der Waals surface area (Å²) in [5.41, 5.74) is -0.348. The van der Waals surface area contributed by atoms with Crippen molar-refractivity contribution in [3.63, 3.8) is 0 Å². The van der Waals surface area contributed by atoms with Crippen molar-refractivity contribution in [2.75, 3.05) is 19.7 Å². The van der Waals surface area contributed by atoms with Crippen molar-refractivity contribution < 1.29 is 32.6 Å². The third-order valence-electron chi connectivity index (χ3n) is 4.97. The molecule has 1 saturated heterocycles. The lowest BCUT2D eigenvalue weighted by Gasteiger charge is -2.30. The molecule has 2 rings (SSSR count). The normalized spacial score (nSPS) is 17.3. The second-order valence-corrected chi connectivity index (χ2v) is 7.10. The van der Waals surface area contributed by atoms with E-state index in [1.807, 2.05) is 0 Å². The molecule has 1 aliphatic rings. The highest BCUT2D eigenvalue weighted by molar-refractivity contribution is 6.08. The molecule has 2 amide bonds. The fourth-order valence-corrected chi connectivity index (χ4v) is 3.45. The van der Waals surface area contributed by atoms with Gasteiger partial charge in [0.25, 0.3) is 5.91 Å². The number of ether oxygens (including phenoxy) is 1. The number of hydrogen-bond donors (Lipinski definition) is 1. The minimum absolute atomic E-state index is 0.0518. The Kier molecular flexibility index (Phi) is 8.59. The molecule has 1 aliphatic heterocycles. The Labute approximate surface area is 184 Å². The van der Waals surface area contributed by atoms with E-state index in [1.54, 1.807) is 24.3 Å². The molecule has 10 heteroatoms. The Bertz CT molecular complexity index is 895. The first-order chi connectivity index (χ1) is 15.1. The first kappa shape index (κ1) is 25.1. The van der Waals surface area contributed by atoms with Crippen molar-refractivity contribution >= 4 is 17.6 Å². The molecular formula is C22H26F3N3O4. The second-order valence-electron chi connectivity index (χ2n) is 7.10. The summed E-state index contributed by atoms with van der Waals surface area (Å²) in [6, 6.07) is 5.90. The standard InChI is InChI=1S/C22H26F3N3O4/c1-4-19(22(23,24)25)21(26-5-2)28(15(3)30)17-10-11-27(12-17)20(31)14-32-18-8-6-16(13-29)7-9-18/h4-9,17,29H,2,10-14H2,1,3H3/b19-4+,26-21?/t17-/m1/s1. The van der Waals surface area contributed by atoms with Crippen molar-refractivity contribution in [2.45, 2.75) is 39.1 Å². The van der Waals surface area contributed by atoms with Crippen molar-refractivity contribution in [2.24, 2.45) is 4.99 Å². The minimum atomic E-state index is -4.71. The Morgan fingerprint density at radius 3 is 2.50 bits per heavy atom. The molecule has 1 aromatic rings. The van der Waals surface area contributed by atoms with Gasteiger partial charge in [0.05, 0.1) is 18.2 Å². The summed E-state index contributed by atoms with van der Waals surface area (Å²) in [6.45, 7) is 5.68. The molecule has 0 aliphatic carbocycles. The summed E-state index contributed by atoms with van der Waals surface area (Å²) in [5, 5.41) is 9.06. The van der Waals surface area contributed by atoms with E-state index >= 15 is 0 Å². The smallest absolute Gasteiger partial charge is 0.419 e. The van der Waals surface area contributed by atoms with E-state index in [1.165, 1.54) is 11.8 Å². The molecule has 0 bridgehead atoms. The van der Waals surface area contributed by atoms with E-state index in [0.717, 1.165) is 24.1 Å². The molecule has 1 atom stereocenters. The van der Waals surface area contributed by atoms with Gasteiger partial charge in [-0.05, 0) is 31.0 Å². The van der Waals surface area contributed by atoms with Crippen molar-refractivity contribution in [3.8, 4) is 5.75 Å². The highest BCUT2D eigenvalue weighted by Gasteiger charge is 2.42. The van der Waals surface area contributed by atoms with E-state index in [0.29, 0.717) is 17.7 Å². The van der Waals surface area contributed by atoms with Crippen molar-refractivity contribution in [1.29, 1.82) is 0 Å². The molecule has 0 saturated carbocycles. The molecule has 7 nitrogen and oxygen atoms in total. The summed E-state index contributed by atoms with van der Waals surface area (Å²) in [4.78, 5) is 31.0. The summed E-state index contributed by atoms with van der Waals surface area (Å²) < 4.78 is 46.0. The number of aliphatic hydroxyl groups is 1. The van der Waals surface area contributed by atoms with Crippen LogP contribution < -0.4 is 4.74 Å². The maximum atomic E-state index is 13.5. The van der Waals surface area contributed by atoms with E-state index < -0.39 is 29.5 Å². The number of halogens is 3. The predicted octanol–water partition coefficient (Wildman–Crippen LogP) is 3.06. The van der Waals surface area contributed by atoms with Gasteiger partial charge < -0.3 is 14.7 Å². The Hall–Kier alpha value is -3.14. The lowest BCUT2D eigenvalue weighted by Crippen LogP contribution is -2.48. The molecule has 0 aromatic heterocycles. The molecule has 1 aromatic carbocycles. The van der Waals surface area contributed by atoms with E-state index in [-0.39, 0.29) is 32.2 Å². The number of allylic oxidation sites excluding steroid dienone is 1. The van der Waals surface area contributed by atoms with Crippen molar-refractivity contribution in [1.82, 2.24) is 9.80 Å². The summed E-state index contributed by atoms with van der Waals surface area (Å²) >= 11 is 0. The number of hydrogen-bond acceptors (Lipinski definition) is 5. The highest BCUT2D eigenvalue weighted by atomic mass is 19.4. The Morgan fingerprint density at radius 1 is 1.34 bits per heavy atom. The molecule has 1 heterocycles. The summed E-state index contributed by atoms with van der Waals surface area (Å²) in [7, 11) is 0. The molecule has 0 unspecified atom stereocenters. The first-order valence-electron chi connectivity index (χ1n) is 9.95. The van der Waals surface area contributed by atoms with E-state index in [4.69, 9.17) is 9.84 Å². The van der Waals surface area contributed by atoms with Crippen LogP contribution in [0.1, 0.15) is 25.8 Å². The fraction of sp³-hybridized carbons (Fsp3) is 0.409. The summed E-state index contributed by atoms with van der Waals surface area (Å²) in [5.74, 6) is -1.07. The van der Waals surface area contributed by atoms with E-state index in [2.05, 4.69) is 11.6 Å². The van der Waals surface area contributed by atoms with Crippen LogP contribution in [-0.4, -0.2) is 64.5 Å². The number of likely N-dealkylation sites (tertiary alicyclic amines) is 1. The van der Waals surface area contributed by atoms with Crippen LogP contribution >= 0.6 is 0 Å². The van der Waals surface area contributed by atoms with Gasteiger partial charge in [-0.15, -0.1) is 0 Å². The van der Waals surface area contributed by atoms with Gasteiger partial charge in [0.2, 0.25) is 5.91 Å². The van der Waals surface area contributed by atoms with Gasteiger partial charge in [-0.2, -0.15) is 13.2 Å². The van der Waals surface area contributed by atoms with Gasteiger partial charge in [-0.3, -0.25) is 14.5 Å². The minimum Gasteiger partial charge on any atom is -0.484 e. The monoisotopic (exact) mass is 453 g/mol. The van der Waals surface area contributed by atoms with Crippen LogP contribution in [0.2, 0.25) is 0 Å². The predicted molar refractivity (Wildman–Crippen MR) is 113 cm³/mol. The number of nitrogens with zero attached hydrogens (tertiary/aromatic N) is 3. The van der Waals surface area contributed by atoms with Gasteiger partial charge >= 0.3 is 6.18 Å². The molecule has 0 spiro atoms. The zero-order chi connectivity index (χ0) is 23.9. The van der Waals surface area contributed by atoms with Gasteiger partial charge in [0, 0.05) is 26.2 Å². The maximum absolute atomic E-state index is 13.5. The quantitative estimate of drug-likeness (QED) is 0.508. The largest absolute Gasteiger partial charge is 0.484 e. The lowest BCUT2D eigenvalue weighted by molar-refractivity contribution is -0.133. The average Bonchev–Trinajstić information content (AvgIpc) is 3.21. The number of carbonyl (C=O) groups is 2. The second kappa shape index (κ2) is 10.9. The average molecular weight is 453 g/mol. The van der Waals surface area contributed by atoms with Gasteiger partial charge in [0.1, 0.15) is 11.6 Å². The van der Waals surface area contributed by atoms with Crippen LogP contribution in [0.4, 0.5) is 13.2 Å². The van der Waals surface area contributed by atoms with Crippen LogP contribution in [0.15, 0.2) is 53.7 Å². The molecular weight excluding hydrogens is 427 g/mol. The molecule has 1 N–H and O–H groups in total. The molecule has 32 heavy (non-hydrogen) atoms. The third kappa shape index (κ3) is 6.19. The van der Waals surface area contributed by atoms with Gasteiger partial charge in [-0.1, -0.05) is 24.8 Å². The number of alkyl halides is 3. The number of amidine groups is 1. The SMILES string of the molecule is C=CN=C(/C(=C\C)C(F)(F)F)N(C(C)=O)[C@@H]1CCN(C(=O)COc2ccc(CO)cc2)C1. The zero-order valence-corrected chi connectivity index (χ0v) is 17.9. The summed E-state index contributed by atoms with van der Waals surface area (Å²) in [6.07, 6.45) is -2.61. The van der Waals surface area contributed by atoms with Gasteiger partial charge in [0.15, 0.2) is 6.61 Å². The molecule has 0 radical (unpaired) electrons. The fourth-order valence-electron chi connectivity index (χ4n) is 3.45. The molecule has 174 valence electrons. The van der Waals surface area contributed by atoms with E-state index in [9.17, 15) is 22.8 Å².